The lowest BCUT2D eigenvalue weighted by Crippen LogP contribution is -1.95. The molecule has 2 aromatic rings. The number of hydrogen-bond acceptors (Lipinski definition) is 2. The zero-order chi connectivity index (χ0) is 8.67. The van der Waals surface area contributed by atoms with Crippen LogP contribution in [0.4, 0.5) is 0 Å². The molecule has 2 nitrogen and oxygen atoms in total. The molecule has 2 heteroatoms. The highest BCUT2D eigenvalue weighted by molar-refractivity contribution is 5.80. The molecule has 1 aliphatic rings. The van der Waals surface area contributed by atoms with E-state index in [1.165, 1.54) is 5.56 Å². The Balaban J connectivity index is 2.31. The van der Waals surface area contributed by atoms with Crippen molar-refractivity contribution in [2.45, 2.75) is 6.42 Å². The fourth-order valence-electron chi connectivity index (χ4n) is 1.60. The molecule has 1 aromatic heterocycles. The minimum atomic E-state index is 0.923. The third-order valence-electron chi connectivity index (χ3n) is 2.26. The number of hydrogen-bond donors (Lipinski definition) is 0. The molecule has 0 N–H and O–H groups in total. The molecule has 0 spiro atoms. The smallest absolute Gasteiger partial charge is 0.134 e. The monoisotopic (exact) mass is 172 g/mol. The molecule has 0 amide bonds. The number of ether oxygens (including phenoxy) is 1. The van der Waals surface area contributed by atoms with Crippen molar-refractivity contribution in [2.75, 3.05) is 0 Å². The van der Waals surface area contributed by atoms with Crippen LogP contribution >= 0.6 is 0 Å². The van der Waals surface area contributed by atoms with Gasteiger partial charge in [0, 0.05) is 10.9 Å². The Morgan fingerprint density at radius 2 is 2.23 bits per heavy atom. The molecule has 0 saturated carbocycles. The summed E-state index contributed by atoms with van der Waals surface area (Å²) < 4.78 is 10.7. The molecule has 64 valence electrons. The fourth-order valence-corrected chi connectivity index (χ4v) is 1.60. The number of benzene rings is 1. The molecular formula is C11H8O2. The number of rotatable bonds is 0. The van der Waals surface area contributed by atoms with Gasteiger partial charge in [-0.25, -0.2) is 0 Å². The largest absolute Gasteiger partial charge is 0.465 e. The maximum Gasteiger partial charge on any atom is 0.134 e. The standard InChI is InChI=1S/C11H8O2/c1-2-8-6-11-9(3-5-13-11)7-10(8)12-4-1/h1,3-7H,2H2. The normalized spacial score (nSPS) is 14.2. The molecule has 0 fully saturated rings. The van der Waals surface area contributed by atoms with E-state index in [9.17, 15) is 0 Å². The molecule has 1 aromatic carbocycles. The van der Waals surface area contributed by atoms with E-state index in [0.717, 1.165) is 23.1 Å². The lowest BCUT2D eigenvalue weighted by molar-refractivity contribution is 0.465. The van der Waals surface area contributed by atoms with Gasteiger partial charge in [-0.05, 0) is 30.7 Å². The Bertz CT molecular complexity index is 438. The van der Waals surface area contributed by atoms with Crippen molar-refractivity contribution in [3.63, 3.8) is 0 Å². The van der Waals surface area contributed by atoms with Gasteiger partial charge in [-0.15, -0.1) is 0 Å². The molecule has 2 heterocycles. The summed E-state index contributed by atoms with van der Waals surface area (Å²) in [6, 6.07) is 5.99. The Labute approximate surface area is 75.4 Å². The van der Waals surface area contributed by atoms with Gasteiger partial charge < -0.3 is 9.15 Å². The van der Waals surface area contributed by atoms with E-state index in [2.05, 4.69) is 0 Å². The summed E-state index contributed by atoms with van der Waals surface area (Å²) in [7, 11) is 0. The quantitative estimate of drug-likeness (QED) is 0.609. The summed E-state index contributed by atoms with van der Waals surface area (Å²) in [6.07, 6.45) is 6.35. The van der Waals surface area contributed by atoms with Crippen LogP contribution in [0.3, 0.4) is 0 Å². The van der Waals surface area contributed by atoms with Gasteiger partial charge in [-0.3, -0.25) is 0 Å². The van der Waals surface area contributed by atoms with Gasteiger partial charge in [0.25, 0.3) is 0 Å². The number of furan rings is 1. The molecule has 0 unspecified atom stereocenters. The van der Waals surface area contributed by atoms with Crippen LogP contribution in [0.25, 0.3) is 11.0 Å². The summed E-state index contributed by atoms with van der Waals surface area (Å²) >= 11 is 0. The first kappa shape index (κ1) is 6.78. The van der Waals surface area contributed by atoms with Gasteiger partial charge >= 0.3 is 0 Å². The second-order valence-electron chi connectivity index (χ2n) is 3.11. The van der Waals surface area contributed by atoms with E-state index in [1.54, 1.807) is 12.5 Å². The second kappa shape index (κ2) is 2.39. The highest BCUT2D eigenvalue weighted by Gasteiger charge is 2.08. The summed E-state index contributed by atoms with van der Waals surface area (Å²) in [5.74, 6) is 0.941. The van der Waals surface area contributed by atoms with Gasteiger partial charge in [0.1, 0.15) is 11.3 Å². The molecule has 3 rings (SSSR count). The highest BCUT2D eigenvalue weighted by atomic mass is 16.5. The molecule has 1 aliphatic heterocycles. The predicted octanol–water partition coefficient (Wildman–Crippen LogP) is 2.88. The van der Waals surface area contributed by atoms with Crippen LogP contribution in [0.2, 0.25) is 0 Å². The fraction of sp³-hybridized carbons (Fsp3) is 0.0909. The molecule has 0 aliphatic carbocycles. The first-order chi connectivity index (χ1) is 6.43. The first-order valence-electron chi connectivity index (χ1n) is 4.25. The molecule has 0 atom stereocenters. The van der Waals surface area contributed by atoms with Crippen LogP contribution in [0.5, 0.6) is 5.75 Å². The van der Waals surface area contributed by atoms with E-state index < -0.39 is 0 Å². The van der Waals surface area contributed by atoms with Crippen LogP contribution in [0.15, 0.2) is 41.2 Å². The van der Waals surface area contributed by atoms with Crippen molar-refractivity contribution < 1.29 is 9.15 Å². The van der Waals surface area contributed by atoms with Crippen molar-refractivity contribution in [2.24, 2.45) is 0 Å². The molecular weight excluding hydrogens is 164 g/mol. The SMILES string of the molecule is C1=COc2cc3ccoc3cc2C1. The summed E-state index contributed by atoms with van der Waals surface area (Å²) in [6.45, 7) is 0. The summed E-state index contributed by atoms with van der Waals surface area (Å²) in [5.41, 5.74) is 2.11. The Morgan fingerprint density at radius 3 is 3.23 bits per heavy atom. The van der Waals surface area contributed by atoms with E-state index in [4.69, 9.17) is 9.15 Å². The van der Waals surface area contributed by atoms with Crippen molar-refractivity contribution in [1.82, 2.24) is 0 Å². The lowest BCUT2D eigenvalue weighted by atomic mass is 10.1. The maximum absolute atomic E-state index is 5.38. The van der Waals surface area contributed by atoms with Gasteiger partial charge in [0.05, 0.1) is 12.5 Å². The first-order valence-corrected chi connectivity index (χ1v) is 4.25. The third kappa shape index (κ3) is 0.952. The van der Waals surface area contributed by atoms with E-state index in [0.29, 0.717) is 0 Å². The maximum atomic E-state index is 5.38. The van der Waals surface area contributed by atoms with E-state index in [-0.39, 0.29) is 0 Å². The Kier molecular flexibility index (Phi) is 1.25. The molecule has 0 saturated heterocycles. The van der Waals surface area contributed by atoms with Crippen molar-refractivity contribution in [1.29, 1.82) is 0 Å². The Morgan fingerprint density at radius 1 is 1.23 bits per heavy atom. The average Bonchev–Trinajstić information content (AvgIpc) is 2.61. The number of allylic oxidation sites excluding steroid dienone is 1. The molecule has 0 radical (unpaired) electrons. The molecule has 13 heavy (non-hydrogen) atoms. The lowest BCUT2D eigenvalue weighted by Gasteiger charge is -2.10. The van der Waals surface area contributed by atoms with Crippen molar-refractivity contribution in [3.8, 4) is 5.75 Å². The van der Waals surface area contributed by atoms with E-state index >= 15 is 0 Å². The summed E-state index contributed by atoms with van der Waals surface area (Å²) in [5, 5.41) is 1.09. The van der Waals surface area contributed by atoms with Gasteiger partial charge in [0.15, 0.2) is 0 Å². The van der Waals surface area contributed by atoms with Crippen LogP contribution in [0.1, 0.15) is 5.56 Å². The molecule has 0 bridgehead atoms. The van der Waals surface area contributed by atoms with Gasteiger partial charge in [0.2, 0.25) is 0 Å². The highest BCUT2D eigenvalue weighted by Crippen LogP contribution is 2.29. The van der Waals surface area contributed by atoms with E-state index in [1.807, 2.05) is 24.3 Å². The second-order valence-corrected chi connectivity index (χ2v) is 3.11. The van der Waals surface area contributed by atoms with Gasteiger partial charge in [-0.1, -0.05) is 0 Å². The van der Waals surface area contributed by atoms with Crippen LogP contribution < -0.4 is 4.74 Å². The minimum absolute atomic E-state index is 0.923. The number of fused-ring (bicyclic) bond motifs is 2. The van der Waals surface area contributed by atoms with Crippen molar-refractivity contribution >= 4 is 11.0 Å². The minimum Gasteiger partial charge on any atom is -0.465 e. The van der Waals surface area contributed by atoms with Crippen LogP contribution in [-0.2, 0) is 6.42 Å². The predicted molar refractivity (Wildman–Crippen MR) is 49.7 cm³/mol. The zero-order valence-corrected chi connectivity index (χ0v) is 6.99. The van der Waals surface area contributed by atoms with Crippen LogP contribution in [-0.4, -0.2) is 0 Å². The van der Waals surface area contributed by atoms with Crippen LogP contribution in [0, 0.1) is 0 Å². The van der Waals surface area contributed by atoms with Gasteiger partial charge in [-0.2, -0.15) is 0 Å². The van der Waals surface area contributed by atoms with Crippen molar-refractivity contribution in [3.05, 3.63) is 42.4 Å². The third-order valence-corrected chi connectivity index (χ3v) is 2.26. The average molecular weight is 172 g/mol. The Hall–Kier alpha value is -1.70. The topological polar surface area (TPSA) is 22.4 Å². The summed E-state index contributed by atoms with van der Waals surface area (Å²) in [4.78, 5) is 0. The zero-order valence-electron chi connectivity index (χ0n) is 6.99.